The number of ether oxygens (including phenoxy) is 2. The second-order valence-electron chi connectivity index (χ2n) is 8.11. The number of nitrogens with one attached hydrogen (secondary N) is 1. The van der Waals surface area contributed by atoms with E-state index in [0.29, 0.717) is 41.8 Å². The summed E-state index contributed by atoms with van der Waals surface area (Å²) in [6.07, 6.45) is -4.46. The lowest BCUT2D eigenvalue weighted by atomic mass is 9.94. The molecule has 0 radical (unpaired) electrons. The third-order valence-electron chi connectivity index (χ3n) is 5.88. The number of nitrogens with zero attached hydrogens (tertiary/aromatic N) is 1. The predicted molar refractivity (Wildman–Crippen MR) is 127 cm³/mol. The van der Waals surface area contributed by atoms with E-state index in [4.69, 9.17) is 21.1 Å². The number of hydrogen-bond donors (Lipinski definition) is 1. The average molecular weight is 491 g/mol. The molecule has 1 aliphatic heterocycles. The monoisotopic (exact) mass is 490 g/mol. The minimum absolute atomic E-state index is 0.292. The highest BCUT2D eigenvalue weighted by atomic mass is 35.5. The summed E-state index contributed by atoms with van der Waals surface area (Å²) in [6.45, 7) is 3.19. The quantitative estimate of drug-likeness (QED) is 0.444. The summed E-state index contributed by atoms with van der Waals surface area (Å²) in [4.78, 5) is 2.14. The van der Waals surface area contributed by atoms with Gasteiger partial charge in [-0.15, -0.1) is 0 Å². The van der Waals surface area contributed by atoms with Crippen LogP contribution in [0.3, 0.4) is 0 Å². The Hall–Kier alpha value is -2.74. The third kappa shape index (κ3) is 5.66. The second-order valence-corrected chi connectivity index (χ2v) is 8.51. The third-order valence-corrected chi connectivity index (χ3v) is 6.22. The molecule has 1 N–H and O–H groups in total. The molecular weight excluding hydrogens is 465 g/mol. The van der Waals surface area contributed by atoms with Gasteiger partial charge in [0.15, 0.2) is 11.5 Å². The first-order valence-electron chi connectivity index (χ1n) is 11.0. The molecule has 0 aliphatic carbocycles. The Morgan fingerprint density at radius 2 is 1.71 bits per heavy atom. The van der Waals surface area contributed by atoms with E-state index in [-0.39, 0.29) is 0 Å². The van der Waals surface area contributed by atoms with E-state index in [1.54, 1.807) is 13.2 Å². The molecule has 0 aromatic heterocycles. The fraction of sp³-hybridized carbons (Fsp3) is 0.308. The lowest BCUT2D eigenvalue weighted by molar-refractivity contribution is -0.137. The smallest absolute Gasteiger partial charge is 0.416 e. The van der Waals surface area contributed by atoms with Crippen LogP contribution in [0, 0.1) is 0 Å². The summed E-state index contributed by atoms with van der Waals surface area (Å²) in [5, 5.41) is 3.58. The van der Waals surface area contributed by atoms with E-state index >= 15 is 0 Å². The summed E-state index contributed by atoms with van der Waals surface area (Å²) in [7, 11) is 1.55. The van der Waals surface area contributed by atoms with Gasteiger partial charge in [-0.25, -0.2) is 0 Å². The van der Waals surface area contributed by atoms with E-state index in [2.05, 4.69) is 10.2 Å². The van der Waals surface area contributed by atoms with Crippen LogP contribution in [-0.4, -0.2) is 38.2 Å². The number of hydrogen-bond acceptors (Lipinski definition) is 4. The van der Waals surface area contributed by atoms with Crippen LogP contribution in [0.15, 0.2) is 66.7 Å². The summed E-state index contributed by atoms with van der Waals surface area (Å²) < 4.78 is 52.1. The van der Waals surface area contributed by atoms with Crippen molar-refractivity contribution < 1.29 is 22.6 Å². The van der Waals surface area contributed by atoms with Gasteiger partial charge in [0.25, 0.3) is 0 Å². The number of methoxy groups -OCH3 is 1. The molecular formula is C26H26ClF3N2O2. The number of benzene rings is 3. The second kappa shape index (κ2) is 10.7. The fourth-order valence-electron chi connectivity index (χ4n) is 4.17. The van der Waals surface area contributed by atoms with Crippen molar-refractivity contribution in [2.24, 2.45) is 0 Å². The molecule has 1 unspecified atom stereocenters. The molecule has 3 aromatic carbocycles. The van der Waals surface area contributed by atoms with Crippen molar-refractivity contribution in [1.82, 2.24) is 10.2 Å². The molecule has 180 valence electrons. The number of piperazine rings is 1. The molecule has 1 fully saturated rings. The molecule has 0 bridgehead atoms. The van der Waals surface area contributed by atoms with Crippen molar-refractivity contribution in [3.8, 4) is 11.5 Å². The van der Waals surface area contributed by atoms with Crippen LogP contribution in [0.4, 0.5) is 13.2 Å². The van der Waals surface area contributed by atoms with Crippen LogP contribution in [0.2, 0.25) is 5.02 Å². The highest BCUT2D eigenvalue weighted by molar-refractivity contribution is 6.31. The van der Waals surface area contributed by atoms with Gasteiger partial charge in [-0.2, -0.15) is 13.2 Å². The Labute approximate surface area is 202 Å². The Morgan fingerprint density at radius 3 is 2.38 bits per heavy atom. The van der Waals surface area contributed by atoms with Gasteiger partial charge in [-0.1, -0.05) is 48.0 Å². The number of alkyl halides is 3. The van der Waals surface area contributed by atoms with Gasteiger partial charge in [-0.3, -0.25) is 4.90 Å². The lowest BCUT2D eigenvalue weighted by Crippen LogP contribution is -2.45. The highest BCUT2D eigenvalue weighted by Gasteiger charge is 2.33. The average Bonchev–Trinajstić information content (AvgIpc) is 2.85. The summed E-state index contributed by atoms with van der Waals surface area (Å²) >= 11 is 6.47. The minimum atomic E-state index is -4.46. The van der Waals surface area contributed by atoms with Gasteiger partial charge in [-0.05, 0) is 47.0 Å². The summed E-state index contributed by atoms with van der Waals surface area (Å²) in [5.74, 6) is 1.07. The predicted octanol–water partition coefficient (Wildman–Crippen LogP) is 5.94. The van der Waals surface area contributed by atoms with Crippen LogP contribution < -0.4 is 14.8 Å². The minimum Gasteiger partial charge on any atom is -0.493 e. The maximum Gasteiger partial charge on any atom is 0.416 e. The summed E-state index contributed by atoms with van der Waals surface area (Å²) in [6, 6.07) is 18.3. The van der Waals surface area contributed by atoms with Gasteiger partial charge in [0.1, 0.15) is 6.61 Å². The van der Waals surface area contributed by atoms with Crippen molar-refractivity contribution in [1.29, 1.82) is 0 Å². The van der Waals surface area contributed by atoms with Gasteiger partial charge < -0.3 is 14.8 Å². The highest BCUT2D eigenvalue weighted by Crippen LogP contribution is 2.40. The molecule has 1 heterocycles. The first-order valence-corrected chi connectivity index (χ1v) is 11.4. The molecule has 34 heavy (non-hydrogen) atoms. The van der Waals surface area contributed by atoms with Crippen LogP contribution in [0.25, 0.3) is 0 Å². The Balaban J connectivity index is 1.71. The molecule has 0 amide bonds. The van der Waals surface area contributed by atoms with Crippen LogP contribution >= 0.6 is 11.6 Å². The van der Waals surface area contributed by atoms with Crippen LogP contribution in [-0.2, 0) is 12.8 Å². The van der Waals surface area contributed by atoms with Crippen molar-refractivity contribution in [2.75, 3.05) is 33.3 Å². The Kier molecular flexibility index (Phi) is 7.66. The zero-order valence-electron chi connectivity index (χ0n) is 18.7. The molecule has 4 nitrogen and oxygen atoms in total. The van der Waals surface area contributed by atoms with E-state index in [1.807, 2.05) is 42.5 Å². The normalized spacial score (nSPS) is 15.7. The largest absolute Gasteiger partial charge is 0.493 e. The van der Waals surface area contributed by atoms with Crippen molar-refractivity contribution in [3.63, 3.8) is 0 Å². The van der Waals surface area contributed by atoms with Gasteiger partial charge in [0.2, 0.25) is 0 Å². The first-order chi connectivity index (χ1) is 16.4. The maximum atomic E-state index is 13.5. The van der Waals surface area contributed by atoms with Gasteiger partial charge in [0, 0.05) is 31.2 Å². The number of rotatable bonds is 7. The number of halogens is 4. The zero-order chi connectivity index (χ0) is 24.1. The fourth-order valence-corrected chi connectivity index (χ4v) is 4.39. The molecule has 3 aromatic rings. The molecule has 8 heteroatoms. The van der Waals surface area contributed by atoms with Gasteiger partial charge in [0.05, 0.1) is 18.7 Å². The maximum absolute atomic E-state index is 13.5. The molecule has 1 atom stereocenters. The lowest BCUT2D eigenvalue weighted by Gasteiger charge is -2.36. The van der Waals surface area contributed by atoms with Crippen LogP contribution in [0.1, 0.15) is 28.3 Å². The van der Waals surface area contributed by atoms with E-state index in [9.17, 15) is 13.2 Å². The Morgan fingerprint density at radius 1 is 0.971 bits per heavy atom. The standard InChI is InChI=1S/C26H26ClF3N2O2/c1-33-24-15-19(7-10-23(24)34-17-18-5-3-2-4-6-18)25(32-13-11-31-12-14-32)21-16-20(26(28,29)30)8-9-22(21)27/h2-10,15-16,25,31H,11-14,17H2,1H3. The first kappa shape index (κ1) is 24.4. The SMILES string of the molecule is COc1cc(C(c2cc(C(F)(F)F)ccc2Cl)N2CCNCC2)ccc1OCc1ccccc1. The molecule has 4 rings (SSSR count). The van der Waals surface area contributed by atoms with Gasteiger partial charge >= 0.3 is 6.18 Å². The van der Waals surface area contributed by atoms with Crippen molar-refractivity contribution in [2.45, 2.75) is 18.8 Å². The van der Waals surface area contributed by atoms with E-state index in [0.717, 1.165) is 36.3 Å². The molecule has 1 aliphatic rings. The summed E-state index contributed by atoms with van der Waals surface area (Å²) in [5.41, 5.74) is 1.50. The van der Waals surface area contributed by atoms with Crippen molar-refractivity contribution in [3.05, 3.63) is 94.0 Å². The molecule has 1 saturated heterocycles. The Bertz CT molecular complexity index is 1100. The molecule has 0 saturated carbocycles. The van der Waals surface area contributed by atoms with E-state index < -0.39 is 17.8 Å². The zero-order valence-corrected chi connectivity index (χ0v) is 19.5. The van der Waals surface area contributed by atoms with E-state index in [1.165, 1.54) is 6.07 Å². The molecule has 0 spiro atoms. The van der Waals surface area contributed by atoms with Crippen molar-refractivity contribution >= 4 is 11.6 Å². The van der Waals surface area contributed by atoms with Crippen LogP contribution in [0.5, 0.6) is 11.5 Å². The topological polar surface area (TPSA) is 33.7 Å².